The van der Waals surface area contributed by atoms with Crippen molar-refractivity contribution in [1.29, 1.82) is 0 Å². The summed E-state index contributed by atoms with van der Waals surface area (Å²) in [4.78, 5) is 41.2. The predicted octanol–water partition coefficient (Wildman–Crippen LogP) is 3.21. The predicted molar refractivity (Wildman–Crippen MR) is 129 cm³/mol. The van der Waals surface area contributed by atoms with Gasteiger partial charge >= 0.3 is 0 Å². The quantitative estimate of drug-likeness (QED) is 0.165. The number of nitro groups is 1. The number of carbonyl (C=O) groups excluding carboxylic acids is 2. The first-order valence-electron chi connectivity index (χ1n) is 11.5. The average Bonchev–Trinajstić information content (AvgIpc) is 3.33. The van der Waals surface area contributed by atoms with E-state index >= 15 is 0 Å². The highest BCUT2D eigenvalue weighted by molar-refractivity contribution is 5.92. The molecule has 1 aromatic carbocycles. The molecule has 0 aliphatic heterocycles. The lowest BCUT2D eigenvalue weighted by Gasteiger charge is -2.19. The first-order chi connectivity index (χ1) is 16.9. The van der Waals surface area contributed by atoms with E-state index in [1.165, 1.54) is 29.4 Å². The van der Waals surface area contributed by atoms with Gasteiger partial charge in [0.25, 0.3) is 11.6 Å². The molecule has 1 heterocycles. The molecule has 11 heteroatoms. The normalized spacial score (nSPS) is 11.0. The number of nitro benzene ring substituents is 1. The maximum Gasteiger partial charge on any atom is 0.273 e. The molecule has 0 aliphatic carbocycles. The molecule has 0 aliphatic rings. The van der Waals surface area contributed by atoms with Gasteiger partial charge in [-0.3, -0.25) is 19.7 Å². The molecular formula is C24H32N4O7. The van der Waals surface area contributed by atoms with Crippen LogP contribution in [0.5, 0.6) is 0 Å². The van der Waals surface area contributed by atoms with Gasteiger partial charge in [-0.1, -0.05) is 0 Å². The monoisotopic (exact) mass is 488 g/mol. The van der Waals surface area contributed by atoms with Gasteiger partial charge in [0, 0.05) is 57.7 Å². The van der Waals surface area contributed by atoms with Crippen molar-refractivity contribution in [2.45, 2.75) is 33.2 Å². The minimum absolute atomic E-state index is 0.0240. The molecule has 0 atom stereocenters. The van der Waals surface area contributed by atoms with Gasteiger partial charge in [-0.15, -0.1) is 0 Å². The van der Waals surface area contributed by atoms with E-state index in [4.69, 9.17) is 13.9 Å². The molecule has 2 aromatic rings. The van der Waals surface area contributed by atoms with Crippen LogP contribution in [0.2, 0.25) is 0 Å². The van der Waals surface area contributed by atoms with Gasteiger partial charge in [0.05, 0.1) is 11.5 Å². The number of hydrogen-bond donors (Lipinski definition) is 1. The standard InChI is InChI=1S/C24H32N4O7/c1-3-33-15-5-13-25-24(30)21-18-35-22(26-21)17-27(14-6-16-34-4-2)23(29)12-9-19-7-10-20(11-8-19)28(31)32/h7-12,18H,3-6,13-17H2,1-2H3,(H,25,30). The van der Waals surface area contributed by atoms with Crippen LogP contribution in [0.3, 0.4) is 0 Å². The molecule has 0 unspecified atom stereocenters. The van der Waals surface area contributed by atoms with E-state index in [0.717, 1.165) is 0 Å². The molecule has 0 fully saturated rings. The highest BCUT2D eigenvalue weighted by atomic mass is 16.6. The zero-order valence-corrected chi connectivity index (χ0v) is 20.1. The van der Waals surface area contributed by atoms with Crippen LogP contribution < -0.4 is 5.32 Å². The second-order valence-corrected chi connectivity index (χ2v) is 7.43. The number of benzene rings is 1. The number of nitrogens with zero attached hydrogens (tertiary/aromatic N) is 3. The Morgan fingerprint density at radius 3 is 2.49 bits per heavy atom. The van der Waals surface area contributed by atoms with E-state index in [1.54, 1.807) is 18.2 Å². The number of rotatable bonds is 16. The van der Waals surface area contributed by atoms with Gasteiger partial charge < -0.3 is 24.1 Å². The topological polar surface area (TPSA) is 137 Å². The molecule has 35 heavy (non-hydrogen) atoms. The minimum Gasteiger partial charge on any atom is -0.446 e. The van der Waals surface area contributed by atoms with Crippen LogP contribution in [0, 0.1) is 10.1 Å². The fourth-order valence-electron chi connectivity index (χ4n) is 3.01. The number of amides is 2. The Balaban J connectivity index is 1.99. The second kappa shape index (κ2) is 15.4. The number of non-ortho nitro benzene ring substituents is 1. The molecule has 1 N–H and O–H groups in total. The molecule has 0 radical (unpaired) electrons. The molecule has 11 nitrogen and oxygen atoms in total. The number of hydrogen-bond acceptors (Lipinski definition) is 8. The van der Waals surface area contributed by atoms with E-state index < -0.39 is 4.92 Å². The van der Waals surface area contributed by atoms with Gasteiger partial charge in [0.15, 0.2) is 5.69 Å². The number of carbonyl (C=O) groups is 2. The lowest BCUT2D eigenvalue weighted by atomic mass is 10.2. The van der Waals surface area contributed by atoms with Crippen LogP contribution in [0.15, 0.2) is 41.0 Å². The summed E-state index contributed by atoms with van der Waals surface area (Å²) < 4.78 is 16.0. The Labute approximate surface area is 204 Å². The maximum absolute atomic E-state index is 12.9. The van der Waals surface area contributed by atoms with Gasteiger partial charge in [-0.25, -0.2) is 4.98 Å². The largest absolute Gasteiger partial charge is 0.446 e. The molecule has 2 rings (SSSR count). The second-order valence-electron chi connectivity index (χ2n) is 7.43. The average molecular weight is 489 g/mol. The molecule has 0 spiro atoms. The fourth-order valence-corrected chi connectivity index (χ4v) is 3.01. The van der Waals surface area contributed by atoms with Crippen LogP contribution in [0.1, 0.15) is 48.6 Å². The fraction of sp³-hybridized carbons (Fsp3) is 0.458. The van der Waals surface area contributed by atoms with Gasteiger partial charge in [-0.05, 0) is 50.5 Å². The number of ether oxygens (including phenoxy) is 2. The molecular weight excluding hydrogens is 456 g/mol. The van der Waals surface area contributed by atoms with Crippen LogP contribution in [-0.2, 0) is 20.8 Å². The van der Waals surface area contributed by atoms with E-state index in [2.05, 4.69) is 10.3 Å². The Morgan fingerprint density at radius 2 is 1.83 bits per heavy atom. The Kier molecular flexibility index (Phi) is 12.1. The summed E-state index contributed by atoms with van der Waals surface area (Å²) in [6, 6.07) is 5.88. The zero-order valence-electron chi connectivity index (χ0n) is 20.1. The van der Waals surface area contributed by atoms with E-state index in [-0.39, 0.29) is 35.6 Å². The molecule has 0 bridgehead atoms. The lowest BCUT2D eigenvalue weighted by molar-refractivity contribution is -0.384. The zero-order chi connectivity index (χ0) is 25.5. The first kappa shape index (κ1) is 27.7. The maximum atomic E-state index is 12.9. The van der Waals surface area contributed by atoms with E-state index in [0.29, 0.717) is 57.9 Å². The molecule has 1 aromatic heterocycles. The summed E-state index contributed by atoms with van der Waals surface area (Å²) in [6.07, 6.45) is 5.53. The third-order valence-electron chi connectivity index (χ3n) is 4.82. The van der Waals surface area contributed by atoms with Crippen LogP contribution in [0.4, 0.5) is 5.69 Å². The highest BCUT2D eigenvalue weighted by Gasteiger charge is 2.17. The lowest BCUT2D eigenvalue weighted by Crippen LogP contribution is -2.31. The summed E-state index contributed by atoms with van der Waals surface area (Å²) in [6.45, 7) is 6.99. The van der Waals surface area contributed by atoms with E-state index in [9.17, 15) is 19.7 Å². The number of oxazole rings is 1. The molecule has 0 saturated carbocycles. The van der Waals surface area contributed by atoms with E-state index in [1.807, 2.05) is 13.8 Å². The molecule has 190 valence electrons. The molecule has 2 amide bonds. The highest BCUT2D eigenvalue weighted by Crippen LogP contribution is 2.14. The minimum atomic E-state index is -0.482. The Bertz CT molecular complexity index is 973. The van der Waals surface area contributed by atoms with Crippen LogP contribution >= 0.6 is 0 Å². The third-order valence-corrected chi connectivity index (χ3v) is 4.82. The first-order valence-corrected chi connectivity index (χ1v) is 11.5. The number of aromatic nitrogens is 1. The van der Waals surface area contributed by atoms with Crippen molar-refractivity contribution in [2.24, 2.45) is 0 Å². The van der Waals surface area contributed by atoms with Crippen LogP contribution in [-0.4, -0.2) is 66.1 Å². The third kappa shape index (κ3) is 10.1. The Hall–Kier alpha value is -3.57. The van der Waals surface area contributed by atoms with Crippen molar-refractivity contribution < 1.29 is 28.4 Å². The summed E-state index contributed by atoms with van der Waals surface area (Å²) in [5, 5.41) is 13.5. The Morgan fingerprint density at radius 1 is 1.14 bits per heavy atom. The van der Waals surface area contributed by atoms with Crippen molar-refractivity contribution in [3.05, 3.63) is 63.9 Å². The molecule has 0 saturated heterocycles. The SMILES string of the molecule is CCOCCCNC(=O)c1coc(CN(CCCOCC)C(=O)C=Cc2ccc([N+](=O)[O-])cc2)n1. The van der Waals surface area contributed by atoms with Gasteiger partial charge in [0.2, 0.25) is 11.8 Å². The van der Waals surface area contributed by atoms with Crippen molar-refractivity contribution in [3.8, 4) is 0 Å². The van der Waals surface area contributed by atoms with Gasteiger partial charge in [-0.2, -0.15) is 0 Å². The van der Waals surface area contributed by atoms with Gasteiger partial charge in [0.1, 0.15) is 6.26 Å². The summed E-state index contributed by atoms with van der Waals surface area (Å²) >= 11 is 0. The van der Waals surface area contributed by atoms with Crippen molar-refractivity contribution >= 4 is 23.6 Å². The van der Waals surface area contributed by atoms with Crippen molar-refractivity contribution in [3.63, 3.8) is 0 Å². The smallest absolute Gasteiger partial charge is 0.273 e. The summed E-state index contributed by atoms with van der Waals surface area (Å²) in [5.41, 5.74) is 0.765. The summed E-state index contributed by atoms with van der Waals surface area (Å²) in [7, 11) is 0. The summed E-state index contributed by atoms with van der Waals surface area (Å²) in [5.74, 6) is -0.415. The van der Waals surface area contributed by atoms with Crippen molar-refractivity contribution in [1.82, 2.24) is 15.2 Å². The number of nitrogens with one attached hydrogen (secondary N) is 1. The van der Waals surface area contributed by atoms with Crippen molar-refractivity contribution in [2.75, 3.05) is 39.5 Å². The van der Waals surface area contributed by atoms with Crippen LogP contribution in [0.25, 0.3) is 6.08 Å².